The number of ether oxygens (including phenoxy) is 1. The lowest BCUT2D eigenvalue weighted by Gasteiger charge is -2.30. The van der Waals surface area contributed by atoms with E-state index in [-0.39, 0.29) is 6.03 Å². The molecule has 1 aromatic heterocycles. The largest absolute Gasteiger partial charge is 0.456 e. The average Bonchev–Trinajstić information content (AvgIpc) is 3.18. The Hall–Kier alpha value is -2.60. The van der Waals surface area contributed by atoms with Gasteiger partial charge in [-0.3, -0.25) is 4.98 Å². The molecule has 2 amide bonds. The summed E-state index contributed by atoms with van der Waals surface area (Å²) in [5.74, 6) is 1.40. The van der Waals surface area contributed by atoms with Crippen LogP contribution in [0.4, 0.5) is 10.5 Å². The molecule has 6 heteroatoms. The third-order valence-electron chi connectivity index (χ3n) is 4.79. The molecule has 1 aliphatic carbocycles. The number of aromatic nitrogens is 1. The summed E-state index contributed by atoms with van der Waals surface area (Å²) < 4.78 is 5.74. The summed E-state index contributed by atoms with van der Waals surface area (Å²) in [6.45, 7) is 1.60. The Morgan fingerprint density at radius 1 is 1.11 bits per heavy atom. The van der Waals surface area contributed by atoms with Crippen LogP contribution in [0.25, 0.3) is 0 Å². The summed E-state index contributed by atoms with van der Waals surface area (Å²) >= 11 is 0. The van der Waals surface area contributed by atoms with E-state index in [0.29, 0.717) is 17.5 Å². The zero-order chi connectivity index (χ0) is 19.1. The minimum Gasteiger partial charge on any atom is -0.456 e. The van der Waals surface area contributed by atoms with E-state index in [1.54, 1.807) is 12.4 Å². The molecule has 2 aromatic rings. The van der Waals surface area contributed by atoms with Crippen LogP contribution in [0.5, 0.6) is 11.5 Å². The Morgan fingerprint density at radius 2 is 1.85 bits per heavy atom. The number of pyridine rings is 1. The molecule has 3 rings (SSSR count). The van der Waals surface area contributed by atoms with Crippen molar-refractivity contribution >= 4 is 11.7 Å². The van der Waals surface area contributed by atoms with Crippen molar-refractivity contribution in [1.82, 2.24) is 14.8 Å². The molecular weight excluding hydrogens is 340 g/mol. The molecule has 1 aromatic carbocycles. The van der Waals surface area contributed by atoms with E-state index in [1.807, 2.05) is 55.4 Å². The Kier molecular flexibility index (Phi) is 6.65. The number of benzene rings is 1. The number of anilines is 1. The molecule has 1 saturated carbocycles. The van der Waals surface area contributed by atoms with Crippen LogP contribution in [-0.4, -0.2) is 54.0 Å². The molecule has 1 heterocycles. The summed E-state index contributed by atoms with van der Waals surface area (Å²) in [5.41, 5.74) is 0.770. The van der Waals surface area contributed by atoms with Crippen molar-refractivity contribution < 1.29 is 9.53 Å². The van der Waals surface area contributed by atoms with Crippen LogP contribution in [0, 0.1) is 0 Å². The standard InChI is InChI=1S/C21H28N4O2/c1-24(2)14-15-25(18-6-3-4-7-18)21(26)23-17-9-11-19(12-10-17)27-20-8-5-13-22-16-20/h5,8-13,16,18H,3-4,6-7,14-15H2,1-2H3,(H,23,26). The number of urea groups is 1. The molecule has 0 unspecified atom stereocenters. The molecule has 0 bridgehead atoms. The van der Waals surface area contributed by atoms with E-state index in [0.717, 1.165) is 31.6 Å². The third-order valence-corrected chi connectivity index (χ3v) is 4.79. The highest BCUT2D eigenvalue weighted by Crippen LogP contribution is 2.25. The van der Waals surface area contributed by atoms with Crippen molar-refractivity contribution in [3.63, 3.8) is 0 Å². The molecule has 0 saturated heterocycles. The number of amides is 2. The predicted molar refractivity (Wildman–Crippen MR) is 107 cm³/mol. The predicted octanol–water partition coefficient (Wildman–Crippen LogP) is 4.21. The van der Waals surface area contributed by atoms with Gasteiger partial charge in [0.15, 0.2) is 0 Å². The highest BCUT2D eigenvalue weighted by Gasteiger charge is 2.26. The maximum atomic E-state index is 12.8. The summed E-state index contributed by atoms with van der Waals surface area (Å²) in [7, 11) is 4.07. The fraction of sp³-hybridized carbons (Fsp3) is 0.429. The van der Waals surface area contributed by atoms with Crippen LogP contribution in [0.3, 0.4) is 0 Å². The Labute approximate surface area is 161 Å². The molecule has 1 aliphatic rings. The Morgan fingerprint density at radius 3 is 2.48 bits per heavy atom. The maximum Gasteiger partial charge on any atom is 0.322 e. The topological polar surface area (TPSA) is 57.7 Å². The van der Waals surface area contributed by atoms with Crippen molar-refractivity contribution in [1.29, 1.82) is 0 Å². The van der Waals surface area contributed by atoms with Gasteiger partial charge in [-0.05, 0) is 63.3 Å². The molecule has 1 fully saturated rings. The van der Waals surface area contributed by atoms with Gasteiger partial charge in [0.25, 0.3) is 0 Å². The molecule has 0 radical (unpaired) electrons. The fourth-order valence-corrected chi connectivity index (χ4v) is 3.32. The quantitative estimate of drug-likeness (QED) is 0.795. The molecule has 0 atom stereocenters. The smallest absolute Gasteiger partial charge is 0.322 e. The van der Waals surface area contributed by atoms with Gasteiger partial charge in [0.2, 0.25) is 0 Å². The Bertz CT molecular complexity index is 713. The first-order chi connectivity index (χ1) is 13.1. The van der Waals surface area contributed by atoms with E-state index in [4.69, 9.17) is 4.74 Å². The molecular formula is C21H28N4O2. The number of carbonyl (C=O) groups is 1. The lowest BCUT2D eigenvalue weighted by atomic mass is 10.2. The third kappa shape index (κ3) is 5.69. The second-order valence-corrected chi connectivity index (χ2v) is 7.18. The van der Waals surface area contributed by atoms with Crippen LogP contribution in [0.15, 0.2) is 48.8 Å². The molecule has 0 spiro atoms. The summed E-state index contributed by atoms with van der Waals surface area (Å²) in [5, 5.41) is 3.03. The van der Waals surface area contributed by atoms with E-state index < -0.39 is 0 Å². The monoisotopic (exact) mass is 368 g/mol. The minimum absolute atomic E-state index is 0.0234. The first kappa shape index (κ1) is 19.2. The van der Waals surface area contributed by atoms with Gasteiger partial charge in [-0.1, -0.05) is 12.8 Å². The van der Waals surface area contributed by atoms with Gasteiger partial charge < -0.3 is 19.9 Å². The number of carbonyl (C=O) groups excluding carboxylic acids is 1. The van der Waals surface area contributed by atoms with Gasteiger partial charge in [0, 0.05) is 31.0 Å². The highest BCUT2D eigenvalue weighted by molar-refractivity contribution is 5.89. The molecule has 0 aliphatic heterocycles. The van der Waals surface area contributed by atoms with Gasteiger partial charge in [-0.2, -0.15) is 0 Å². The highest BCUT2D eigenvalue weighted by atomic mass is 16.5. The first-order valence-electron chi connectivity index (χ1n) is 9.52. The summed E-state index contributed by atoms with van der Waals surface area (Å²) in [6, 6.07) is 11.4. The van der Waals surface area contributed by atoms with Gasteiger partial charge in [0.1, 0.15) is 11.5 Å². The first-order valence-corrected chi connectivity index (χ1v) is 9.52. The normalized spacial score (nSPS) is 14.3. The van der Waals surface area contributed by atoms with Crippen molar-refractivity contribution in [3.8, 4) is 11.5 Å². The molecule has 6 nitrogen and oxygen atoms in total. The van der Waals surface area contributed by atoms with Crippen LogP contribution in [0.2, 0.25) is 0 Å². The summed E-state index contributed by atoms with van der Waals surface area (Å²) in [6.07, 6.45) is 7.98. The van der Waals surface area contributed by atoms with E-state index >= 15 is 0 Å². The van der Waals surface area contributed by atoms with Crippen molar-refractivity contribution in [2.45, 2.75) is 31.7 Å². The zero-order valence-corrected chi connectivity index (χ0v) is 16.1. The van der Waals surface area contributed by atoms with Crippen LogP contribution in [0.1, 0.15) is 25.7 Å². The van der Waals surface area contributed by atoms with Gasteiger partial charge in [-0.25, -0.2) is 4.79 Å². The van der Waals surface area contributed by atoms with Crippen LogP contribution in [-0.2, 0) is 0 Å². The number of hydrogen-bond donors (Lipinski definition) is 1. The van der Waals surface area contributed by atoms with Crippen molar-refractivity contribution in [3.05, 3.63) is 48.8 Å². The number of nitrogens with zero attached hydrogens (tertiary/aromatic N) is 3. The lowest BCUT2D eigenvalue weighted by molar-refractivity contribution is 0.180. The molecule has 27 heavy (non-hydrogen) atoms. The molecule has 1 N–H and O–H groups in total. The van der Waals surface area contributed by atoms with E-state index in [1.165, 1.54) is 12.8 Å². The van der Waals surface area contributed by atoms with Crippen molar-refractivity contribution in [2.24, 2.45) is 0 Å². The molecule has 144 valence electrons. The number of hydrogen-bond acceptors (Lipinski definition) is 4. The second-order valence-electron chi connectivity index (χ2n) is 7.18. The number of rotatable bonds is 7. The van der Waals surface area contributed by atoms with Crippen LogP contribution >= 0.6 is 0 Å². The van der Waals surface area contributed by atoms with E-state index in [2.05, 4.69) is 15.2 Å². The zero-order valence-electron chi connectivity index (χ0n) is 16.1. The van der Waals surface area contributed by atoms with Crippen molar-refractivity contribution in [2.75, 3.05) is 32.5 Å². The average molecular weight is 368 g/mol. The fourth-order valence-electron chi connectivity index (χ4n) is 3.32. The summed E-state index contributed by atoms with van der Waals surface area (Å²) in [4.78, 5) is 21.0. The van der Waals surface area contributed by atoms with Gasteiger partial charge >= 0.3 is 6.03 Å². The minimum atomic E-state index is -0.0234. The number of nitrogens with one attached hydrogen (secondary N) is 1. The maximum absolute atomic E-state index is 12.8. The van der Waals surface area contributed by atoms with Crippen LogP contribution < -0.4 is 10.1 Å². The SMILES string of the molecule is CN(C)CCN(C(=O)Nc1ccc(Oc2cccnc2)cc1)C1CCCC1. The van der Waals surface area contributed by atoms with Gasteiger partial charge in [-0.15, -0.1) is 0 Å². The van der Waals surface area contributed by atoms with Gasteiger partial charge in [0.05, 0.1) is 6.20 Å². The second kappa shape index (κ2) is 9.37. The Balaban J connectivity index is 1.60. The van der Waals surface area contributed by atoms with E-state index in [9.17, 15) is 4.79 Å². The number of likely N-dealkylation sites (N-methyl/N-ethyl adjacent to an activating group) is 1. The lowest BCUT2D eigenvalue weighted by Crippen LogP contribution is -2.44.